The second kappa shape index (κ2) is 7.41. The molecule has 0 bridgehead atoms. The third kappa shape index (κ3) is 6.72. The van der Waals surface area contributed by atoms with E-state index in [9.17, 15) is 18.0 Å². The number of halogens is 3. The fraction of sp³-hybridized carbons (Fsp3) is 0.588. The maximum Gasteiger partial charge on any atom is 0.573 e. The Bertz CT molecular complexity index is 581. The second-order valence-electron chi connectivity index (χ2n) is 6.91. The van der Waals surface area contributed by atoms with E-state index in [1.165, 1.54) is 24.3 Å². The maximum atomic E-state index is 12.1. The van der Waals surface area contributed by atoms with Crippen molar-refractivity contribution >= 4 is 6.09 Å². The van der Waals surface area contributed by atoms with E-state index in [0.717, 1.165) is 6.42 Å². The lowest BCUT2D eigenvalue weighted by Gasteiger charge is -2.24. The van der Waals surface area contributed by atoms with Crippen LogP contribution in [0, 0.1) is 5.92 Å². The molecule has 1 aliphatic heterocycles. The number of hydrogen-bond donors (Lipinski definition) is 0. The van der Waals surface area contributed by atoms with Gasteiger partial charge in [-0.25, -0.2) is 4.79 Å². The van der Waals surface area contributed by atoms with Crippen molar-refractivity contribution in [1.82, 2.24) is 4.90 Å². The first-order valence-corrected chi connectivity index (χ1v) is 7.98. The topological polar surface area (TPSA) is 48.0 Å². The molecule has 0 spiro atoms. The third-order valence-corrected chi connectivity index (χ3v) is 3.48. The van der Waals surface area contributed by atoms with Gasteiger partial charge in [-0.1, -0.05) is 0 Å². The summed E-state index contributed by atoms with van der Waals surface area (Å²) < 4.78 is 51.0. The van der Waals surface area contributed by atoms with Gasteiger partial charge in [0.05, 0.1) is 6.61 Å². The number of nitrogens with zero attached hydrogens (tertiary/aromatic N) is 1. The standard InChI is InChI=1S/C17H22F3NO4/c1-16(2,3)25-15(22)21-9-8-12(10-21)11-23-13-4-6-14(7-5-13)24-17(18,19)20/h4-7,12H,8-11H2,1-3H3/t12-/m1/s1. The van der Waals surface area contributed by atoms with Crippen LogP contribution in [-0.4, -0.2) is 42.7 Å². The average molecular weight is 361 g/mol. The van der Waals surface area contributed by atoms with Gasteiger partial charge in [-0.05, 0) is 51.5 Å². The summed E-state index contributed by atoms with van der Waals surface area (Å²) in [5.74, 6) is 0.306. The molecule has 0 aliphatic carbocycles. The molecule has 1 amide bonds. The molecule has 1 aromatic rings. The number of amides is 1. The van der Waals surface area contributed by atoms with Crippen molar-refractivity contribution in [2.24, 2.45) is 5.92 Å². The molecule has 1 fully saturated rings. The molecule has 1 atom stereocenters. The van der Waals surface area contributed by atoms with E-state index in [1.807, 2.05) is 20.8 Å². The molecule has 140 valence electrons. The van der Waals surface area contributed by atoms with Crippen molar-refractivity contribution in [2.45, 2.75) is 39.2 Å². The number of benzene rings is 1. The normalized spacial score (nSPS) is 18.2. The highest BCUT2D eigenvalue weighted by Gasteiger charge is 2.31. The predicted octanol–water partition coefficient (Wildman–Crippen LogP) is 4.22. The first-order valence-electron chi connectivity index (χ1n) is 7.98. The molecule has 8 heteroatoms. The number of alkyl halides is 3. The molecule has 1 saturated heterocycles. The van der Waals surface area contributed by atoms with Crippen molar-refractivity contribution in [3.63, 3.8) is 0 Å². The van der Waals surface area contributed by atoms with Crippen molar-refractivity contribution in [1.29, 1.82) is 0 Å². The van der Waals surface area contributed by atoms with Crippen LogP contribution in [0.2, 0.25) is 0 Å². The number of carbonyl (C=O) groups excluding carboxylic acids is 1. The number of carbonyl (C=O) groups is 1. The highest BCUT2D eigenvalue weighted by molar-refractivity contribution is 5.68. The summed E-state index contributed by atoms with van der Waals surface area (Å²) in [4.78, 5) is 13.6. The summed E-state index contributed by atoms with van der Waals surface area (Å²) in [6, 6.07) is 5.23. The van der Waals surface area contributed by atoms with Gasteiger partial charge >= 0.3 is 12.5 Å². The van der Waals surface area contributed by atoms with Crippen LogP contribution in [-0.2, 0) is 4.74 Å². The predicted molar refractivity (Wildman–Crippen MR) is 84.5 cm³/mol. The van der Waals surface area contributed by atoms with E-state index in [4.69, 9.17) is 9.47 Å². The molecule has 5 nitrogen and oxygen atoms in total. The zero-order valence-corrected chi connectivity index (χ0v) is 14.4. The van der Waals surface area contributed by atoms with Crippen LogP contribution in [0.3, 0.4) is 0 Å². The van der Waals surface area contributed by atoms with Crippen molar-refractivity contribution in [3.8, 4) is 11.5 Å². The Labute approximate surface area is 144 Å². The minimum Gasteiger partial charge on any atom is -0.493 e. The van der Waals surface area contributed by atoms with Crippen LogP contribution in [0.4, 0.5) is 18.0 Å². The highest BCUT2D eigenvalue weighted by atomic mass is 19.4. The lowest BCUT2D eigenvalue weighted by atomic mass is 10.1. The molecule has 2 rings (SSSR count). The Balaban J connectivity index is 1.78. The number of likely N-dealkylation sites (tertiary alicyclic amines) is 1. The molecule has 0 saturated carbocycles. The SMILES string of the molecule is CC(C)(C)OC(=O)N1CC[C@@H](COc2ccc(OC(F)(F)F)cc2)C1. The maximum absolute atomic E-state index is 12.1. The van der Waals surface area contributed by atoms with Crippen LogP contribution < -0.4 is 9.47 Å². The van der Waals surface area contributed by atoms with Gasteiger partial charge in [-0.15, -0.1) is 13.2 Å². The zero-order valence-electron chi connectivity index (χ0n) is 14.4. The van der Waals surface area contributed by atoms with Crippen molar-refractivity contribution in [3.05, 3.63) is 24.3 Å². The van der Waals surface area contributed by atoms with Crippen LogP contribution in [0.25, 0.3) is 0 Å². The molecular formula is C17H22F3NO4. The number of ether oxygens (including phenoxy) is 3. The van der Waals surface area contributed by atoms with Gasteiger partial charge in [-0.3, -0.25) is 0 Å². The summed E-state index contributed by atoms with van der Waals surface area (Å²) in [7, 11) is 0. The lowest BCUT2D eigenvalue weighted by Crippen LogP contribution is -2.35. The largest absolute Gasteiger partial charge is 0.573 e. The Morgan fingerprint density at radius 3 is 2.32 bits per heavy atom. The van der Waals surface area contributed by atoms with E-state index in [-0.39, 0.29) is 17.8 Å². The summed E-state index contributed by atoms with van der Waals surface area (Å²) in [5.41, 5.74) is -0.536. The first-order chi connectivity index (χ1) is 11.5. The highest BCUT2D eigenvalue weighted by Crippen LogP contribution is 2.26. The summed E-state index contributed by atoms with van der Waals surface area (Å²) in [5, 5.41) is 0. The fourth-order valence-corrected chi connectivity index (χ4v) is 2.41. The summed E-state index contributed by atoms with van der Waals surface area (Å²) in [6.07, 6.45) is -4.27. The Kier molecular flexibility index (Phi) is 5.69. The summed E-state index contributed by atoms with van der Waals surface area (Å²) in [6.45, 7) is 6.94. The molecule has 0 aromatic heterocycles. The Morgan fingerprint density at radius 2 is 1.76 bits per heavy atom. The van der Waals surface area contributed by atoms with E-state index in [0.29, 0.717) is 25.4 Å². The lowest BCUT2D eigenvalue weighted by molar-refractivity contribution is -0.274. The van der Waals surface area contributed by atoms with Crippen LogP contribution in [0.1, 0.15) is 27.2 Å². The van der Waals surface area contributed by atoms with E-state index in [2.05, 4.69) is 4.74 Å². The minimum atomic E-state index is -4.71. The fourth-order valence-electron chi connectivity index (χ4n) is 2.41. The quantitative estimate of drug-likeness (QED) is 0.806. The molecule has 1 aromatic carbocycles. The number of rotatable bonds is 4. The van der Waals surface area contributed by atoms with E-state index < -0.39 is 12.0 Å². The molecular weight excluding hydrogens is 339 g/mol. The molecule has 0 N–H and O–H groups in total. The summed E-state index contributed by atoms with van der Waals surface area (Å²) >= 11 is 0. The van der Waals surface area contributed by atoms with Gasteiger partial charge in [0.25, 0.3) is 0 Å². The van der Waals surface area contributed by atoms with Gasteiger partial charge < -0.3 is 19.1 Å². The first kappa shape index (κ1) is 19.2. The molecule has 0 radical (unpaired) electrons. The van der Waals surface area contributed by atoms with Gasteiger partial charge in [0.1, 0.15) is 17.1 Å². The van der Waals surface area contributed by atoms with Gasteiger partial charge in [-0.2, -0.15) is 0 Å². The molecule has 1 heterocycles. The Hall–Kier alpha value is -2.12. The van der Waals surface area contributed by atoms with Gasteiger partial charge in [0, 0.05) is 19.0 Å². The minimum absolute atomic E-state index is 0.152. The molecule has 25 heavy (non-hydrogen) atoms. The van der Waals surface area contributed by atoms with Crippen molar-refractivity contribution in [2.75, 3.05) is 19.7 Å². The average Bonchev–Trinajstić information content (AvgIpc) is 2.92. The van der Waals surface area contributed by atoms with Gasteiger partial charge in [0.2, 0.25) is 0 Å². The second-order valence-corrected chi connectivity index (χ2v) is 6.91. The molecule has 0 unspecified atom stereocenters. The molecule has 1 aliphatic rings. The van der Waals surface area contributed by atoms with Crippen LogP contribution in [0.5, 0.6) is 11.5 Å². The van der Waals surface area contributed by atoms with E-state index in [1.54, 1.807) is 4.90 Å². The van der Waals surface area contributed by atoms with Crippen LogP contribution >= 0.6 is 0 Å². The monoisotopic (exact) mass is 361 g/mol. The van der Waals surface area contributed by atoms with E-state index >= 15 is 0 Å². The smallest absolute Gasteiger partial charge is 0.493 e. The van der Waals surface area contributed by atoms with Crippen molar-refractivity contribution < 1.29 is 32.2 Å². The number of hydrogen-bond acceptors (Lipinski definition) is 4. The van der Waals surface area contributed by atoms with Gasteiger partial charge in [0.15, 0.2) is 0 Å². The zero-order chi connectivity index (χ0) is 18.7. The Morgan fingerprint density at radius 1 is 1.16 bits per heavy atom. The van der Waals surface area contributed by atoms with Crippen LogP contribution in [0.15, 0.2) is 24.3 Å². The third-order valence-electron chi connectivity index (χ3n) is 3.48.